The molecule has 0 aliphatic rings. The summed E-state index contributed by atoms with van der Waals surface area (Å²) >= 11 is 0. The maximum absolute atomic E-state index is 11.2. The Hall–Kier alpha value is -1.45. The first-order valence-corrected chi connectivity index (χ1v) is 4.88. The van der Waals surface area contributed by atoms with Gasteiger partial charge in [0.25, 0.3) is 0 Å². The van der Waals surface area contributed by atoms with Gasteiger partial charge in [0.2, 0.25) is 0 Å². The second kappa shape index (κ2) is 6.11. The van der Waals surface area contributed by atoms with E-state index >= 15 is 0 Å². The Labute approximate surface area is 89.2 Å². The van der Waals surface area contributed by atoms with Crippen molar-refractivity contribution in [2.75, 3.05) is 13.2 Å². The Morgan fingerprint density at radius 2 is 2.00 bits per heavy atom. The predicted octanol–water partition coefficient (Wildman–Crippen LogP) is 1.22. The molecule has 3 N–H and O–H groups in total. The van der Waals surface area contributed by atoms with Crippen LogP contribution in [0.4, 0.5) is 0 Å². The van der Waals surface area contributed by atoms with Crippen LogP contribution in [0.2, 0.25) is 0 Å². The number of benzene rings is 1. The second-order valence-electron chi connectivity index (χ2n) is 3.16. The van der Waals surface area contributed by atoms with Crippen molar-refractivity contribution in [1.29, 1.82) is 0 Å². The number of nitrogens with two attached hydrogens (primary N) is 1. The first kappa shape index (κ1) is 11.6. The van der Waals surface area contributed by atoms with Gasteiger partial charge < -0.3 is 10.8 Å². The SMILES string of the molecule is NCC(=O)c1ccc(C=CCCO)cc1. The zero-order chi connectivity index (χ0) is 11.1. The van der Waals surface area contributed by atoms with Crippen molar-refractivity contribution in [2.24, 2.45) is 5.73 Å². The summed E-state index contributed by atoms with van der Waals surface area (Å²) in [5.41, 5.74) is 6.90. The number of aliphatic hydroxyl groups excluding tert-OH is 1. The van der Waals surface area contributed by atoms with Gasteiger partial charge in [-0.1, -0.05) is 36.4 Å². The lowest BCUT2D eigenvalue weighted by molar-refractivity contribution is 0.100. The number of Topliss-reactive ketones (excluding diaryl/α,β-unsaturated/α-hetero) is 1. The lowest BCUT2D eigenvalue weighted by Crippen LogP contribution is -2.13. The molecule has 3 nitrogen and oxygen atoms in total. The minimum atomic E-state index is -0.0547. The number of rotatable bonds is 5. The van der Waals surface area contributed by atoms with Crippen molar-refractivity contribution in [1.82, 2.24) is 0 Å². The molecule has 15 heavy (non-hydrogen) atoms. The van der Waals surface area contributed by atoms with Gasteiger partial charge in [-0.25, -0.2) is 0 Å². The van der Waals surface area contributed by atoms with Gasteiger partial charge in [-0.2, -0.15) is 0 Å². The lowest BCUT2D eigenvalue weighted by atomic mass is 10.1. The fourth-order valence-corrected chi connectivity index (χ4v) is 1.19. The Morgan fingerprint density at radius 1 is 1.33 bits per heavy atom. The van der Waals surface area contributed by atoms with Gasteiger partial charge >= 0.3 is 0 Å². The zero-order valence-electron chi connectivity index (χ0n) is 8.52. The van der Waals surface area contributed by atoms with Crippen molar-refractivity contribution in [3.05, 3.63) is 41.5 Å². The van der Waals surface area contributed by atoms with Crippen LogP contribution in [0, 0.1) is 0 Å². The first-order valence-electron chi connectivity index (χ1n) is 4.88. The summed E-state index contributed by atoms with van der Waals surface area (Å²) < 4.78 is 0. The second-order valence-corrected chi connectivity index (χ2v) is 3.16. The molecule has 0 aromatic heterocycles. The van der Waals surface area contributed by atoms with Gasteiger partial charge in [0.1, 0.15) is 0 Å². The predicted molar refractivity (Wildman–Crippen MR) is 60.6 cm³/mol. The number of aliphatic hydroxyl groups is 1. The molecule has 1 rings (SSSR count). The third-order valence-corrected chi connectivity index (χ3v) is 2.02. The molecule has 0 saturated heterocycles. The van der Waals surface area contributed by atoms with E-state index in [1.807, 2.05) is 24.3 Å². The van der Waals surface area contributed by atoms with Crippen LogP contribution in [-0.4, -0.2) is 24.0 Å². The topological polar surface area (TPSA) is 63.3 Å². The van der Waals surface area contributed by atoms with E-state index in [0.29, 0.717) is 12.0 Å². The van der Waals surface area contributed by atoms with Crippen molar-refractivity contribution in [2.45, 2.75) is 6.42 Å². The van der Waals surface area contributed by atoms with E-state index in [1.54, 1.807) is 12.1 Å². The molecule has 0 amide bonds. The highest BCUT2D eigenvalue weighted by Crippen LogP contribution is 2.07. The van der Waals surface area contributed by atoms with Crippen LogP contribution in [0.25, 0.3) is 6.08 Å². The Bertz CT molecular complexity index is 341. The highest BCUT2D eigenvalue weighted by molar-refractivity contribution is 5.97. The molecule has 0 radical (unpaired) electrons. The summed E-state index contributed by atoms with van der Waals surface area (Å²) in [4.78, 5) is 11.2. The molecule has 0 atom stereocenters. The average Bonchev–Trinajstić information content (AvgIpc) is 2.29. The molecule has 0 saturated carbocycles. The molecule has 0 aliphatic heterocycles. The monoisotopic (exact) mass is 205 g/mol. The first-order chi connectivity index (χ1) is 7.27. The molecule has 1 aromatic rings. The van der Waals surface area contributed by atoms with E-state index in [1.165, 1.54) is 0 Å². The summed E-state index contributed by atoms with van der Waals surface area (Å²) in [5.74, 6) is -0.0547. The Morgan fingerprint density at radius 3 is 2.53 bits per heavy atom. The fourth-order valence-electron chi connectivity index (χ4n) is 1.19. The minimum absolute atomic E-state index is 0.0414. The lowest BCUT2D eigenvalue weighted by Gasteiger charge is -1.98. The van der Waals surface area contributed by atoms with Gasteiger partial charge in [0.15, 0.2) is 5.78 Å². The quantitative estimate of drug-likeness (QED) is 0.710. The molecule has 0 bridgehead atoms. The molecular weight excluding hydrogens is 190 g/mol. The van der Waals surface area contributed by atoms with Crippen LogP contribution >= 0.6 is 0 Å². The van der Waals surface area contributed by atoms with Crippen LogP contribution in [0.5, 0.6) is 0 Å². The van der Waals surface area contributed by atoms with Crippen molar-refractivity contribution < 1.29 is 9.90 Å². The van der Waals surface area contributed by atoms with Gasteiger partial charge in [-0.3, -0.25) is 4.79 Å². The highest BCUT2D eigenvalue weighted by Gasteiger charge is 2.00. The van der Waals surface area contributed by atoms with Gasteiger partial charge in [0.05, 0.1) is 6.54 Å². The standard InChI is InChI=1S/C12H15NO2/c13-9-12(15)11-6-4-10(5-7-11)3-1-2-8-14/h1,3-7,14H,2,8-9,13H2. The van der Waals surface area contributed by atoms with E-state index in [4.69, 9.17) is 10.8 Å². The number of hydrogen-bond acceptors (Lipinski definition) is 3. The van der Waals surface area contributed by atoms with E-state index in [0.717, 1.165) is 5.56 Å². The van der Waals surface area contributed by atoms with Crippen molar-refractivity contribution in [3.8, 4) is 0 Å². The van der Waals surface area contributed by atoms with Crippen LogP contribution in [0.1, 0.15) is 22.3 Å². The minimum Gasteiger partial charge on any atom is -0.396 e. The maximum atomic E-state index is 11.2. The Balaban J connectivity index is 2.68. The molecule has 0 heterocycles. The fraction of sp³-hybridized carbons (Fsp3) is 0.250. The van der Waals surface area contributed by atoms with E-state index in [-0.39, 0.29) is 18.9 Å². The molecule has 0 spiro atoms. The number of hydrogen-bond donors (Lipinski definition) is 2. The number of carbonyl (C=O) groups is 1. The Kier molecular flexibility index (Phi) is 4.74. The maximum Gasteiger partial charge on any atom is 0.176 e. The third kappa shape index (κ3) is 3.65. The normalized spacial score (nSPS) is 10.8. The van der Waals surface area contributed by atoms with Crippen LogP contribution < -0.4 is 5.73 Å². The molecule has 1 aromatic carbocycles. The molecule has 0 unspecified atom stereocenters. The average molecular weight is 205 g/mol. The van der Waals surface area contributed by atoms with Crippen LogP contribution in [0.3, 0.4) is 0 Å². The van der Waals surface area contributed by atoms with Crippen molar-refractivity contribution in [3.63, 3.8) is 0 Å². The number of carbonyl (C=O) groups excluding carboxylic acids is 1. The highest BCUT2D eigenvalue weighted by atomic mass is 16.2. The summed E-state index contributed by atoms with van der Waals surface area (Å²) in [5, 5.41) is 8.58. The molecule has 80 valence electrons. The van der Waals surface area contributed by atoms with E-state index < -0.39 is 0 Å². The summed E-state index contributed by atoms with van der Waals surface area (Å²) in [6.07, 6.45) is 4.44. The van der Waals surface area contributed by atoms with E-state index in [9.17, 15) is 4.79 Å². The molecule has 3 heteroatoms. The number of ketones is 1. The van der Waals surface area contributed by atoms with Gasteiger partial charge in [-0.15, -0.1) is 0 Å². The zero-order valence-corrected chi connectivity index (χ0v) is 8.52. The van der Waals surface area contributed by atoms with Gasteiger partial charge in [0, 0.05) is 12.2 Å². The third-order valence-electron chi connectivity index (χ3n) is 2.02. The van der Waals surface area contributed by atoms with Crippen LogP contribution in [-0.2, 0) is 0 Å². The molecule has 0 fully saturated rings. The van der Waals surface area contributed by atoms with E-state index in [2.05, 4.69) is 0 Å². The summed E-state index contributed by atoms with van der Waals surface area (Å²) in [7, 11) is 0. The molecular formula is C12H15NO2. The summed E-state index contributed by atoms with van der Waals surface area (Å²) in [6.45, 7) is 0.194. The largest absolute Gasteiger partial charge is 0.396 e. The van der Waals surface area contributed by atoms with Crippen LogP contribution in [0.15, 0.2) is 30.3 Å². The molecule has 0 aliphatic carbocycles. The summed E-state index contributed by atoms with van der Waals surface area (Å²) in [6, 6.07) is 7.23. The van der Waals surface area contributed by atoms with Gasteiger partial charge in [-0.05, 0) is 12.0 Å². The van der Waals surface area contributed by atoms with Crippen molar-refractivity contribution >= 4 is 11.9 Å². The smallest absolute Gasteiger partial charge is 0.176 e.